The van der Waals surface area contributed by atoms with E-state index in [1.807, 2.05) is 6.07 Å². The molecule has 0 spiro atoms. The van der Waals surface area contributed by atoms with E-state index in [9.17, 15) is 9.90 Å². The van der Waals surface area contributed by atoms with Crippen LogP contribution < -0.4 is 10.5 Å². The topological polar surface area (TPSA) is 59.8 Å². The van der Waals surface area contributed by atoms with Crippen molar-refractivity contribution in [2.75, 3.05) is 6.54 Å². The Labute approximate surface area is 139 Å². The van der Waals surface area contributed by atoms with Crippen LogP contribution in [0.2, 0.25) is 0 Å². The molecule has 0 aliphatic carbocycles. The lowest BCUT2D eigenvalue weighted by atomic mass is 10.1. The van der Waals surface area contributed by atoms with Gasteiger partial charge in [-0.25, -0.2) is 4.79 Å². The van der Waals surface area contributed by atoms with Gasteiger partial charge in [0.15, 0.2) is 0 Å². The largest absolute Gasteiger partial charge is 0.508 e. The Morgan fingerprint density at radius 2 is 2.21 bits per heavy atom. The molecular formula is C19H21N2O3+. The van der Waals surface area contributed by atoms with Gasteiger partial charge in [0.05, 0.1) is 12.2 Å². The van der Waals surface area contributed by atoms with Gasteiger partial charge in [-0.15, -0.1) is 0 Å². The monoisotopic (exact) mass is 325 g/mol. The Morgan fingerprint density at radius 3 is 3.00 bits per heavy atom. The van der Waals surface area contributed by atoms with Crippen LogP contribution in [0.1, 0.15) is 30.1 Å². The Morgan fingerprint density at radius 1 is 1.33 bits per heavy atom. The summed E-state index contributed by atoms with van der Waals surface area (Å²) in [6.45, 7) is 1.87. The molecule has 124 valence electrons. The minimum atomic E-state index is -0.364. The van der Waals surface area contributed by atoms with Crippen molar-refractivity contribution >= 4 is 11.0 Å². The number of aromatic hydroxyl groups is 1. The number of rotatable bonds is 3. The highest BCUT2D eigenvalue weighted by molar-refractivity contribution is 5.81. The molecule has 4 rings (SSSR count). The summed E-state index contributed by atoms with van der Waals surface area (Å²) in [7, 11) is 2.08. The van der Waals surface area contributed by atoms with Gasteiger partial charge >= 0.3 is 5.63 Å². The van der Waals surface area contributed by atoms with E-state index in [-0.39, 0.29) is 11.4 Å². The Hall–Kier alpha value is -2.53. The molecule has 0 radical (unpaired) electrons. The van der Waals surface area contributed by atoms with E-state index < -0.39 is 0 Å². The molecule has 3 aromatic rings. The average Bonchev–Trinajstić information content (AvgIpc) is 3.15. The number of hydrogen-bond donors (Lipinski definition) is 2. The zero-order valence-electron chi connectivity index (χ0n) is 13.7. The zero-order valence-corrected chi connectivity index (χ0v) is 13.7. The van der Waals surface area contributed by atoms with E-state index in [1.165, 1.54) is 23.1 Å². The van der Waals surface area contributed by atoms with Crippen molar-refractivity contribution in [2.45, 2.75) is 25.4 Å². The number of nitrogens with one attached hydrogen (secondary N) is 1. The van der Waals surface area contributed by atoms with Gasteiger partial charge in [0, 0.05) is 49.2 Å². The molecule has 1 aromatic carbocycles. The number of phenols is 1. The molecule has 0 bridgehead atoms. The minimum absolute atomic E-state index is 0.109. The third-order valence-electron chi connectivity index (χ3n) is 5.06. The van der Waals surface area contributed by atoms with Gasteiger partial charge in [-0.2, -0.15) is 0 Å². The molecule has 1 aliphatic heterocycles. The first-order chi connectivity index (χ1) is 11.6. The van der Waals surface area contributed by atoms with Crippen molar-refractivity contribution in [1.82, 2.24) is 4.57 Å². The van der Waals surface area contributed by atoms with Crippen LogP contribution in [0.15, 0.2) is 51.8 Å². The first-order valence-electron chi connectivity index (χ1n) is 8.33. The summed E-state index contributed by atoms with van der Waals surface area (Å²) in [5.41, 5.74) is 2.41. The molecule has 2 aromatic heterocycles. The van der Waals surface area contributed by atoms with Gasteiger partial charge < -0.3 is 19.0 Å². The van der Waals surface area contributed by atoms with Crippen LogP contribution >= 0.6 is 0 Å². The number of nitrogens with zero attached hydrogens (tertiary/aromatic N) is 1. The van der Waals surface area contributed by atoms with Crippen molar-refractivity contribution in [3.05, 3.63) is 64.3 Å². The highest BCUT2D eigenvalue weighted by Gasteiger charge is 2.32. The Kier molecular flexibility index (Phi) is 3.65. The lowest BCUT2D eigenvalue weighted by Crippen LogP contribution is -3.09. The molecule has 5 nitrogen and oxygen atoms in total. The maximum atomic E-state index is 11.9. The molecule has 0 amide bonds. The predicted molar refractivity (Wildman–Crippen MR) is 91.1 cm³/mol. The van der Waals surface area contributed by atoms with Crippen LogP contribution in [0.3, 0.4) is 0 Å². The molecule has 0 saturated carbocycles. The number of phenolic OH excluding ortho intramolecular Hbond substituents is 1. The lowest BCUT2D eigenvalue weighted by Gasteiger charge is -2.22. The van der Waals surface area contributed by atoms with Crippen LogP contribution in [-0.2, 0) is 13.6 Å². The van der Waals surface area contributed by atoms with E-state index in [0.29, 0.717) is 11.6 Å². The SMILES string of the molecule is Cn1cccc1[C@H]1CCC[NH+]1Cc1cc(=O)oc2cc(O)ccc12. The summed E-state index contributed by atoms with van der Waals surface area (Å²) in [4.78, 5) is 13.4. The number of likely N-dealkylation sites (tertiary alicyclic amines) is 1. The van der Waals surface area contributed by atoms with Crippen LogP contribution in [0, 0.1) is 0 Å². The van der Waals surface area contributed by atoms with Gasteiger partial charge in [-0.1, -0.05) is 0 Å². The van der Waals surface area contributed by atoms with Gasteiger partial charge in [0.25, 0.3) is 0 Å². The third-order valence-corrected chi connectivity index (χ3v) is 5.06. The van der Waals surface area contributed by atoms with Crippen molar-refractivity contribution < 1.29 is 14.4 Å². The highest BCUT2D eigenvalue weighted by Crippen LogP contribution is 2.23. The van der Waals surface area contributed by atoms with Crippen molar-refractivity contribution in [3.8, 4) is 5.75 Å². The van der Waals surface area contributed by atoms with Crippen LogP contribution in [0.5, 0.6) is 5.75 Å². The second kappa shape index (κ2) is 5.83. The van der Waals surface area contributed by atoms with Crippen molar-refractivity contribution in [1.29, 1.82) is 0 Å². The average molecular weight is 325 g/mol. The summed E-state index contributed by atoms with van der Waals surface area (Å²) >= 11 is 0. The fourth-order valence-electron chi connectivity index (χ4n) is 3.93. The number of aromatic nitrogens is 1. The molecule has 24 heavy (non-hydrogen) atoms. The zero-order chi connectivity index (χ0) is 16.7. The minimum Gasteiger partial charge on any atom is -0.508 e. The van der Waals surface area contributed by atoms with E-state index in [4.69, 9.17) is 4.42 Å². The van der Waals surface area contributed by atoms with Gasteiger partial charge in [-0.3, -0.25) is 0 Å². The number of fused-ring (bicyclic) bond motifs is 1. The van der Waals surface area contributed by atoms with Crippen molar-refractivity contribution in [2.24, 2.45) is 7.05 Å². The number of quaternary nitrogens is 1. The molecule has 2 N–H and O–H groups in total. The smallest absolute Gasteiger partial charge is 0.336 e. The maximum absolute atomic E-state index is 11.9. The molecule has 1 fully saturated rings. The summed E-state index contributed by atoms with van der Waals surface area (Å²) in [5.74, 6) is 0.109. The molecule has 5 heteroatoms. The molecule has 1 aliphatic rings. The number of aryl methyl sites for hydroxylation is 1. The van der Waals surface area contributed by atoms with E-state index in [1.54, 1.807) is 12.1 Å². The Bertz CT molecular complexity index is 941. The first kappa shape index (κ1) is 15.0. The Balaban J connectivity index is 1.71. The standard InChI is InChI=1S/C19H20N2O3/c1-20-8-2-4-16(20)17-5-3-9-21(17)12-13-10-19(23)24-18-11-14(22)6-7-15(13)18/h2,4,6-8,10-11,17,22H,3,5,9,12H2,1H3/p+1/t17-/m1/s1. The number of benzene rings is 1. The summed E-state index contributed by atoms with van der Waals surface area (Å²) in [6, 6.07) is 11.3. The maximum Gasteiger partial charge on any atom is 0.336 e. The van der Waals surface area contributed by atoms with Crippen LogP contribution in [0.4, 0.5) is 0 Å². The normalized spacial score (nSPS) is 20.7. The number of hydrogen-bond acceptors (Lipinski definition) is 3. The van der Waals surface area contributed by atoms with Gasteiger partial charge in [0.1, 0.15) is 23.9 Å². The summed E-state index contributed by atoms with van der Waals surface area (Å²) < 4.78 is 7.42. The van der Waals surface area contributed by atoms with Crippen LogP contribution in [0.25, 0.3) is 11.0 Å². The third kappa shape index (κ3) is 2.61. The predicted octanol–water partition coefficient (Wildman–Crippen LogP) is 1.76. The first-order valence-corrected chi connectivity index (χ1v) is 8.33. The molecule has 1 unspecified atom stereocenters. The molecular weight excluding hydrogens is 304 g/mol. The van der Waals surface area contributed by atoms with Gasteiger partial charge in [-0.05, 0) is 24.3 Å². The van der Waals surface area contributed by atoms with E-state index in [0.717, 1.165) is 30.5 Å². The molecule has 1 saturated heterocycles. The quantitative estimate of drug-likeness (QED) is 0.722. The molecule has 3 heterocycles. The van der Waals surface area contributed by atoms with Crippen molar-refractivity contribution in [3.63, 3.8) is 0 Å². The van der Waals surface area contributed by atoms with Crippen LogP contribution in [-0.4, -0.2) is 16.2 Å². The second-order valence-corrected chi connectivity index (χ2v) is 6.59. The fourth-order valence-corrected chi connectivity index (χ4v) is 3.93. The highest BCUT2D eigenvalue weighted by atomic mass is 16.4. The van der Waals surface area contributed by atoms with E-state index >= 15 is 0 Å². The van der Waals surface area contributed by atoms with Gasteiger partial charge in [0.2, 0.25) is 0 Å². The van der Waals surface area contributed by atoms with E-state index in [2.05, 4.69) is 29.9 Å². The summed E-state index contributed by atoms with van der Waals surface area (Å²) in [6.07, 6.45) is 4.43. The second-order valence-electron chi connectivity index (χ2n) is 6.59. The lowest BCUT2D eigenvalue weighted by molar-refractivity contribution is -0.932. The molecule has 2 atom stereocenters. The fraction of sp³-hybridized carbons (Fsp3) is 0.316. The summed E-state index contributed by atoms with van der Waals surface area (Å²) in [5, 5.41) is 10.5.